The fourth-order valence-electron chi connectivity index (χ4n) is 2.78. The summed E-state index contributed by atoms with van der Waals surface area (Å²) in [6, 6.07) is 4.79. The number of rotatable bonds is 6. The van der Waals surface area contributed by atoms with E-state index in [9.17, 15) is 9.18 Å². The van der Waals surface area contributed by atoms with Gasteiger partial charge in [0.1, 0.15) is 11.4 Å². The van der Waals surface area contributed by atoms with Crippen molar-refractivity contribution in [1.82, 2.24) is 4.90 Å². The summed E-state index contributed by atoms with van der Waals surface area (Å²) in [4.78, 5) is 18.3. The van der Waals surface area contributed by atoms with Crippen LogP contribution >= 0.6 is 11.6 Å². The van der Waals surface area contributed by atoms with Crippen LogP contribution in [0.15, 0.2) is 46.6 Å². The first-order valence-corrected chi connectivity index (χ1v) is 9.81. The van der Waals surface area contributed by atoms with Crippen LogP contribution in [0.1, 0.15) is 26.3 Å². The number of para-hydroxylation sites is 1. The number of hydrogen-bond acceptors (Lipinski definition) is 5. The van der Waals surface area contributed by atoms with Gasteiger partial charge >= 0.3 is 6.09 Å². The number of aliphatic imine (C=N–C) groups is 1. The van der Waals surface area contributed by atoms with Gasteiger partial charge in [0.25, 0.3) is 0 Å². The third-order valence-electron chi connectivity index (χ3n) is 4.26. The molecule has 1 saturated heterocycles. The Bertz CT molecular complexity index is 804. The van der Waals surface area contributed by atoms with E-state index in [1.165, 1.54) is 17.8 Å². The predicted octanol–water partition coefficient (Wildman–Crippen LogP) is 4.20. The molecule has 1 amide bonds. The lowest BCUT2D eigenvalue weighted by Gasteiger charge is -2.38. The third-order valence-corrected chi connectivity index (χ3v) is 4.39. The summed E-state index contributed by atoms with van der Waals surface area (Å²) in [5, 5.41) is 3.07. The molecule has 1 aromatic carbocycles. The molecule has 158 valence electrons. The van der Waals surface area contributed by atoms with Crippen molar-refractivity contribution < 1.29 is 13.9 Å². The maximum absolute atomic E-state index is 14.0. The van der Waals surface area contributed by atoms with Crippen molar-refractivity contribution in [2.24, 2.45) is 10.7 Å². The zero-order valence-corrected chi connectivity index (χ0v) is 18.0. The molecule has 1 fully saturated rings. The van der Waals surface area contributed by atoms with Crippen molar-refractivity contribution >= 4 is 29.1 Å². The standard InChI is InChI=1S/C21H28ClFN4O2/c1-14-6-5-7-17(23)19(14)25-11-15(10-24)18(8-9-22)26-16-12-27(13-16)20(28)29-21(2,3)4/h5-10,16,25H,11-13,24H2,1-4H3/b9-8+,15-10-,26-18?. The lowest BCUT2D eigenvalue weighted by Crippen LogP contribution is -2.54. The van der Waals surface area contributed by atoms with E-state index in [0.29, 0.717) is 30.1 Å². The smallest absolute Gasteiger partial charge is 0.410 e. The third kappa shape index (κ3) is 6.49. The number of halogens is 2. The minimum Gasteiger partial charge on any atom is -0.444 e. The van der Waals surface area contributed by atoms with Gasteiger partial charge in [0, 0.05) is 36.9 Å². The van der Waals surface area contributed by atoms with E-state index in [-0.39, 0.29) is 24.5 Å². The molecule has 1 aromatic rings. The van der Waals surface area contributed by atoms with E-state index in [0.717, 1.165) is 5.56 Å². The summed E-state index contributed by atoms with van der Waals surface area (Å²) in [6.07, 6.45) is 2.69. The van der Waals surface area contributed by atoms with Crippen molar-refractivity contribution in [3.05, 3.63) is 53.0 Å². The zero-order valence-electron chi connectivity index (χ0n) is 17.2. The molecule has 6 nitrogen and oxygen atoms in total. The average molecular weight is 423 g/mol. The topological polar surface area (TPSA) is 80.0 Å². The molecule has 0 aliphatic carbocycles. The first-order chi connectivity index (χ1) is 13.6. The van der Waals surface area contributed by atoms with E-state index in [2.05, 4.69) is 10.3 Å². The first-order valence-electron chi connectivity index (χ1n) is 9.37. The molecule has 0 saturated carbocycles. The summed E-state index contributed by atoms with van der Waals surface area (Å²) in [7, 11) is 0. The monoisotopic (exact) mass is 422 g/mol. The summed E-state index contributed by atoms with van der Waals surface area (Å²) in [5.41, 5.74) is 9.05. The highest BCUT2D eigenvalue weighted by molar-refractivity contribution is 6.28. The van der Waals surface area contributed by atoms with E-state index in [1.807, 2.05) is 33.8 Å². The highest BCUT2D eigenvalue weighted by atomic mass is 35.5. The molecular weight excluding hydrogens is 395 g/mol. The number of hydrogen-bond donors (Lipinski definition) is 2. The van der Waals surface area contributed by atoms with Crippen molar-refractivity contribution in [3.63, 3.8) is 0 Å². The molecule has 2 rings (SSSR count). The molecule has 0 bridgehead atoms. The van der Waals surface area contributed by atoms with Gasteiger partial charge in [0.2, 0.25) is 0 Å². The number of nitrogens with two attached hydrogens (primary N) is 1. The second-order valence-electron chi connectivity index (χ2n) is 7.82. The number of allylic oxidation sites excluding steroid dienone is 1. The SMILES string of the molecule is Cc1cccc(F)c1NC/C(=C/N)C(/C=C/Cl)=NC1CN(C(=O)OC(C)(C)C)C1. The number of carbonyl (C=O) groups is 1. The first kappa shape index (κ1) is 22.7. The Morgan fingerprint density at radius 3 is 2.69 bits per heavy atom. The van der Waals surface area contributed by atoms with E-state index in [1.54, 1.807) is 17.0 Å². The fourth-order valence-corrected chi connectivity index (χ4v) is 2.90. The normalized spacial score (nSPS) is 16.1. The van der Waals surface area contributed by atoms with Crippen molar-refractivity contribution in [2.45, 2.75) is 39.3 Å². The van der Waals surface area contributed by atoms with Gasteiger partial charge in [-0.2, -0.15) is 0 Å². The number of nitrogens with zero attached hydrogens (tertiary/aromatic N) is 2. The maximum Gasteiger partial charge on any atom is 0.410 e. The van der Waals surface area contributed by atoms with Crippen LogP contribution in [0.4, 0.5) is 14.9 Å². The number of benzene rings is 1. The number of aryl methyl sites for hydroxylation is 1. The van der Waals surface area contributed by atoms with Gasteiger partial charge in [-0.3, -0.25) is 4.99 Å². The van der Waals surface area contributed by atoms with Crippen molar-refractivity contribution in [2.75, 3.05) is 25.0 Å². The highest BCUT2D eigenvalue weighted by Crippen LogP contribution is 2.21. The number of amides is 1. The average Bonchev–Trinajstić information content (AvgIpc) is 2.58. The van der Waals surface area contributed by atoms with Gasteiger partial charge in [0.15, 0.2) is 0 Å². The summed E-state index contributed by atoms with van der Waals surface area (Å²) in [5.74, 6) is -0.334. The van der Waals surface area contributed by atoms with Crippen molar-refractivity contribution in [3.8, 4) is 0 Å². The minimum atomic E-state index is -0.538. The highest BCUT2D eigenvalue weighted by Gasteiger charge is 2.33. The molecule has 0 spiro atoms. The number of ether oxygens (including phenoxy) is 1. The van der Waals surface area contributed by atoms with Crippen LogP contribution in [0, 0.1) is 12.7 Å². The number of likely N-dealkylation sites (tertiary alicyclic amines) is 1. The molecule has 0 unspecified atom stereocenters. The Kier molecular flexibility index (Phi) is 7.67. The van der Waals surface area contributed by atoms with Gasteiger partial charge in [-0.1, -0.05) is 23.7 Å². The van der Waals surface area contributed by atoms with Crippen LogP contribution in [0.5, 0.6) is 0 Å². The maximum atomic E-state index is 14.0. The molecular formula is C21H28ClFN4O2. The summed E-state index contributed by atoms with van der Waals surface area (Å²) < 4.78 is 19.4. The second kappa shape index (κ2) is 9.78. The van der Waals surface area contributed by atoms with Crippen LogP contribution in [0.3, 0.4) is 0 Å². The fraction of sp³-hybridized carbons (Fsp3) is 0.429. The van der Waals surface area contributed by atoms with Crippen LogP contribution in [0.25, 0.3) is 0 Å². The van der Waals surface area contributed by atoms with Gasteiger partial charge < -0.3 is 20.7 Å². The van der Waals surface area contributed by atoms with Crippen LogP contribution < -0.4 is 11.1 Å². The molecule has 1 heterocycles. The van der Waals surface area contributed by atoms with E-state index >= 15 is 0 Å². The molecule has 1 aliphatic rings. The lowest BCUT2D eigenvalue weighted by atomic mass is 10.1. The molecule has 0 aromatic heterocycles. The van der Waals surface area contributed by atoms with Gasteiger partial charge in [-0.25, -0.2) is 9.18 Å². The van der Waals surface area contributed by atoms with Gasteiger partial charge in [-0.05, 0) is 45.4 Å². The predicted molar refractivity (Wildman–Crippen MR) is 116 cm³/mol. The molecule has 29 heavy (non-hydrogen) atoms. The Morgan fingerprint density at radius 2 is 2.14 bits per heavy atom. The van der Waals surface area contributed by atoms with E-state index < -0.39 is 5.60 Å². The number of anilines is 1. The van der Waals surface area contributed by atoms with Gasteiger partial charge in [-0.15, -0.1) is 0 Å². The van der Waals surface area contributed by atoms with Crippen molar-refractivity contribution in [1.29, 1.82) is 0 Å². The molecule has 0 radical (unpaired) electrons. The van der Waals surface area contributed by atoms with Gasteiger partial charge in [0.05, 0.1) is 17.4 Å². The molecule has 1 aliphatic heterocycles. The second-order valence-corrected chi connectivity index (χ2v) is 8.08. The Labute approximate surface area is 176 Å². The van der Waals surface area contributed by atoms with Crippen LogP contribution in [0.2, 0.25) is 0 Å². The Hall–Kier alpha value is -2.54. The zero-order chi connectivity index (χ0) is 21.6. The molecule has 3 N–H and O–H groups in total. The molecule has 8 heteroatoms. The van der Waals surface area contributed by atoms with Crippen LogP contribution in [-0.2, 0) is 4.74 Å². The van der Waals surface area contributed by atoms with Crippen LogP contribution in [-0.4, -0.2) is 48.0 Å². The van der Waals surface area contributed by atoms with E-state index in [4.69, 9.17) is 22.1 Å². The summed E-state index contributed by atoms with van der Waals surface area (Å²) in [6.45, 7) is 8.48. The Morgan fingerprint density at radius 1 is 1.45 bits per heavy atom. The lowest BCUT2D eigenvalue weighted by molar-refractivity contribution is 0.00907. The molecule has 0 atom stereocenters. The largest absolute Gasteiger partial charge is 0.444 e. The number of nitrogens with one attached hydrogen (secondary N) is 1. The summed E-state index contributed by atoms with van der Waals surface area (Å²) >= 11 is 5.77. The minimum absolute atomic E-state index is 0.0875. The Balaban J connectivity index is 2.03. The number of carbonyl (C=O) groups excluding carboxylic acids is 1. The quantitative estimate of drug-likeness (QED) is 0.673.